The summed E-state index contributed by atoms with van der Waals surface area (Å²) < 4.78 is 28.2. The second-order valence-corrected chi connectivity index (χ2v) is 8.71. The molecule has 0 spiro atoms. The summed E-state index contributed by atoms with van der Waals surface area (Å²) in [6.45, 7) is 0.367. The van der Waals surface area contributed by atoms with E-state index < -0.39 is 16.1 Å². The van der Waals surface area contributed by atoms with Crippen molar-refractivity contribution in [2.45, 2.75) is 23.8 Å². The zero-order valence-electron chi connectivity index (χ0n) is 11.7. The van der Waals surface area contributed by atoms with Gasteiger partial charge in [-0.05, 0) is 47.0 Å². The first-order valence-corrected chi connectivity index (χ1v) is 9.46. The smallest absolute Gasteiger partial charge is 0.244 e. The Hall–Kier alpha value is -0.440. The van der Waals surface area contributed by atoms with E-state index in [1.807, 2.05) is 0 Å². The van der Waals surface area contributed by atoms with Crippen molar-refractivity contribution >= 4 is 47.8 Å². The molecule has 1 aliphatic rings. The quantitative estimate of drug-likeness (QED) is 0.726. The van der Waals surface area contributed by atoms with E-state index >= 15 is 0 Å². The van der Waals surface area contributed by atoms with Crippen molar-refractivity contribution in [3.8, 4) is 0 Å². The third kappa shape index (κ3) is 3.33. The summed E-state index contributed by atoms with van der Waals surface area (Å²) in [5, 5.41) is 0. The van der Waals surface area contributed by atoms with Gasteiger partial charge in [0.25, 0.3) is 0 Å². The van der Waals surface area contributed by atoms with Gasteiger partial charge in [0.05, 0.1) is 4.90 Å². The molecule has 5 nitrogen and oxygen atoms in total. The molecule has 21 heavy (non-hydrogen) atoms. The van der Waals surface area contributed by atoms with Gasteiger partial charge in [0.15, 0.2) is 0 Å². The van der Waals surface area contributed by atoms with E-state index in [1.165, 1.54) is 9.21 Å². The highest BCUT2D eigenvalue weighted by Crippen LogP contribution is 2.32. The molecule has 0 N–H and O–H groups in total. The van der Waals surface area contributed by atoms with E-state index in [1.54, 1.807) is 32.3 Å². The molecule has 1 aliphatic heterocycles. The van der Waals surface area contributed by atoms with E-state index in [4.69, 9.17) is 0 Å². The maximum absolute atomic E-state index is 12.8. The van der Waals surface area contributed by atoms with Crippen LogP contribution in [0.2, 0.25) is 0 Å². The van der Waals surface area contributed by atoms with Gasteiger partial charge in [0.2, 0.25) is 15.9 Å². The number of likely N-dealkylation sites (N-methyl/N-ethyl adjacent to an activating group) is 1. The largest absolute Gasteiger partial charge is 0.347 e. The van der Waals surface area contributed by atoms with Gasteiger partial charge in [-0.25, -0.2) is 8.42 Å². The second-order valence-electron chi connectivity index (χ2n) is 5.08. The third-order valence-electron chi connectivity index (χ3n) is 3.41. The van der Waals surface area contributed by atoms with Gasteiger partial charge in [-0.2, -0.15) is 4.31 Å². The Morgan fingerprint density at radius 1 is 1.33 bits per heavy atom. The molecule has 1 aromatic carbocycles. The Kier molecular flexibility index (Phi) is 5.12. The fraction of sp³-hybridized carbons (Fsp3) is 0.462. The van der Waals surface area contributed by atoms with E-state index in [9.17, 15) is 13.2 Å². The van der Waals surface area contributed by atoms with Crippen LogP contribution in [-0.4, -0.2) is 50.2 Å². The number of carbonyl (C=O) groups excluding carboxylic acids is 1. The van der Waals surface area contributed by atoms with Crippen molar-refractivity contribution < 1.29 is 13.2 Å². The van der Waals surface area contributed by atoms with Crippen molar-refractivity contribution in [3.63, 3.8) is 0 Å². The Morgan fingerprint density at radius 3 is 2.62 bits per heavy atom. The van der Waals surface area contributed by atoms with Crippen molar-refractivity contribution in [2.24, 2.45) is 0 Å². The zero-order valence-corrected chi connectivity index (χ0v) is 15.7. The van der Waals surface area contributed by atoms with E-state index in [-0.39, 0.29) is 10.8 Å². The van der Waals surface area contributed by atoms with Gasteiger partial charge < -0.3 is 4.90 Å². The highest BCUT2D eigenvalue weighted by molar-refractivity contribution is 9.11. The number of hydrogen-bond donors (Lipinski definition) is 0. The van der Waals surface area contributed by atoms with Crippen LogP contribution in [-0.2, 0) is 14.8 Å². The van der Waals surface area contributed by atoms with Crippen LogP contribution in [0.3, 0.4) is 0 Å². The summed E-state index contributed by atoms with van der Waals surface area (Å²) in [5.41, 5.74) is 0. The maximum atomic E-state index is 12.8. The Labute approximate surface area is 141 Å². The first-order chi connectivity index (χ1) is 9.75. The average Bonchev–Trinajstić information content (AvgIpc) is 2.90. The normalized spacial score (nSPS) is 19.7. The van der Waals surface area contributed by atoms with Gasteiger partial charge in [0, 0.05) is 29.6 Å². The van der Waals surface area contributed by atoms with Crippen LogP contribution < -0.4 is 0 Å². The molecule has 1 unspecified atom stereocenters. The number of nitrogens with zero attached hydrogens (tertiary/aromatic N) is 2. The van der Waals surface area contributed by atoms with Crippen LogP contribution in [0.4, 0.5) is 0 Å². The third-order valence-corrected chi connectivity index (χ3v) is 6.80. The lowest BCUT2D eigenvalue weighted by Crippen LogP contribution is -2.45. The predicted octanol–water partition coefficient (Wildman–Crippen LogP) is 2.45. The van der Waals surface area contributed by atoms with Crippen LogP contribution in [0, 0.1) is 0 Å². The summed E-state index contributed by atoms with van der Waals surface area (Å²) in [4.78, 5) is 13.8. The summed E-state index contributed by atoms with van der Waals surface area (Å²) in [5.74, 6) is -0.179. The molecule has 0 aliphatic carbocycles. The standard InChI is InChI=1S/C13H16Br2N2O3S/c1-16(2)13(18)11-4-3-7-17(11)21(19,20)12-8-9(14)5-6-10(12)15/h5-6,8,11H,3-4,7H2,1-2H3. The zero-order chi connectivity index (χ0) is 15.8. The predicted molar refractivity (Wildman–Crippen MR) is 87.4 cm³/mol. The van der Waals surface area contributed by atoms with Crippen molar-refractivity contribution in [1.82, 2.24) is 9.21 Å². The van der Waals surface area contributed by atoms with Gasteiger partial charge in [-0.3, -0.25) is 4.79 Å². The van der Waals surface area contributed by atoms with Crippen LogP contribution in [0.25, 0.3) is 0 Å². The first-order valence-electron chi connectivity index (χ1n) is 6.43. The number of carbonyl (C=O) groups is 1. The fourth-order valence-corrected chi connectivity index (χ4v) is 5.49. The Morgan fingerprint density at radius 2 is 2.00 bits per heavy atom. The van der Waals surface area contributed by atoms with Crippen molar-refractivity contribution in [2.75, 3.05) is 20.6 Å². The number of sulfonamides is 1. The average molecular weight is 440 g/mol. The molecule has 1 amide bonds. The SMILES string of the molecule is CN(C)C(=O)C1CCCN1S(=O)(=O)c1cc(Br)ccc1Br. The molecule has 116 valence electrons. The molecular weight excluding hydrogens is 424 g/mol. The molecule has 0 aromatic heterocycles. The minimum Gasteiger partial charge on any atom is -0.347 e. The summed E-state index contributed by atoms with van der Waals surface area (Å²) in [6, 6.07) is 4.37. The highest BCUT2D eigenvalue weighted by atomic mass is 79.9. The van der Waals surface area contributed by atoms with Gasteiger partial charge in [-0.15, -0.1) is 0 Å². The minimum absolute atomic E-state index is 0.176. The van der Waals surface area contributed by atoms with Crippen LogP contribution in [0.15, 0.2) is 32.0 Å². The number of rotatable bonds is 3. The molecule has 1 fully saturated rings. The van der Waals surface area contributed by atoms with E-state index in [0.29, 0.717) is 28.3 Å². The highest BCUT2D eigenvalue weighted by Gasteiger charge is 2.40. The Bertz CT molecular complexity index is 661. The lowest BCUT2D eigenvalue weighted by atomic mass is 10.2. The minimum atomic E-state index is -3.71. The number of amides is 1. The molecule has 0 saturated carbocycles. The molecule has 0 radical (unpaired) electrons. The van der Waals surface area contributed by atoms with Crippen molar-refractivity contribution in [3.05, 3.63) is 27.1 Å². The summed E-state index contributed by atoms with van der Waals surface area (Å²) >= 11 is 6.56. The lowest BCUT2D eigenvalue weighted by molar-refractivity contribution is -0.132. The van der Waals surface area contributed by atoms with Gasteiger partial charge in [-0.1, -0.05) is 15.9 Å². The lowest BCUT2D eigenvalue weighted by Gasteiger charge is -2.26. The molecule has 1 saturated heterocycles. The molecule has 1 atom stereocenters. The topological polar surface area (TPSA) is 57.7 Å². The van der Waals surface area contributed by atoms with Gasteiger partial charge in [0.1, 0.15) is 6.04 Å². The molecule has 1 heterocycles. The second kappa shape index (κ2) is 6.36. The maximum Gasteiger partial charge on any atom is 0.244 e. The monoisotopic (exact) mass is 438 g/mol. The number of benzene rings is 1. The van der Waals surface area contributed by atoms with E-state index in [2.05, 4.69) is 31.9 Å². The fourth-order valence-electron chi connectivity index (χ4n) is 2.37. The van der Waals surface area contributed by atoms with E-state index in [0.717, 1.165) is 0 Å². The van der Waals surface area contributed by atoms with Crippen molar-refractivity contribution in [1.29, 1.82) is 0 Å². The van der Waals surface area contributed by atoms with Gasteiger partial charge >= 0.3 is 0 Å². The number of halogens is 2. The van der Waals surface area contributed by atoms with Crippen LogP contribution in [0.5, 0.6) is 0 Å². The Balaban J connectivity index is 2.43. The molecule has 2 rings (SSSR count). The first kappa shape index (κ1) is 16.9. The molecule has 1 aromatic rings. The number of hydrogen-bond acceptors (Lipinski definition) is 3. The van der Waals surface area contributed by atoms with Crippen LogP contribution in [0.1, 0.15) is 12.8 Å². The summed E-state index contributed by atoms with van der Waals surface area (Å²) in [6.07, 6.45) is 1.25. The van der Waals surface area contributed by atoms with Crippen LogP contribution >= 0.6 is 31.9 Å². The molecule has 8 heteroatoms. The summed E-state index contributed by atoms with van der Waals surface area (Å²) in [7, 11) is -0.432. The molecule has 0 bridgehead atoms. The molecular formula is C13H16Br2N2O3S.